The summed E-state index contributed by atoms with van der Waals surface area (Å²) >= 11 is 6.28. The van der Waals surface area contributed by atoms with Crippen LogP contribution in [0.5, 0.6) is 0 Å². The number of hydrogen-bond acceptors (Lipinski definition) is 4. The number of nitrogens with one attached hydrogen (secondary N) is 1. The van der Waals surface area contributed by atoms with E-state index in [0.29, 0.717) is 29.1 Å². The highest BCUT2D eigenvalue weighted by Gasteiger charge is 2.33. The van der Waals surface area contributed by atoms with Crippen molar-refractivity contribution in [2.24, 2.45) is 5.92 Å². The first-order chi connectivity index (χ1) is 12.7. The van der Waals surface area contributed by atoms with E-state index in [1.165, 1.54) is 45.2 Å². The summed E-state index contributed by atoms with van der Waals surface area (Å²) in [5, 5.41) is 11.2. The first kappa shape index (κ1) is 17.5. The molecule has 138 valence electrons. The largest absolute Gasteiger partial charge is 0.352 e. The molecule has 7 heteroatoms. The fourth-order valence-electron chi connectivity index (χ4n) is 4.32. The van der Waals surface area contributed by atoms with Crippen molar-refractivity contribution < 1.29 is 4.79 Å². The predicted molar refractivity (Wildman–Crippen MR) is 101 cm³/mol. The molecule has 0 saturated carbocycles. The molecule has 2 atom stereocenters. The number of fused-ring (bicyclic) bond motifs is 1. The second-order valence-corrected chi connectivity index (χ2v) is 7.65. The van der Waals surface area contributed by atoms with Gasteiger partial charge < -0.3 is 10.2 Å². The zero-order valence-electron chi connectivity index (χ0n) is 14.8. The van der Waals surface area contributed by atoms with Crippen molar-refractivity contribution in [2.75, 3.05) is 19.6 Å². The highest BCUT2D eigenvalue weighted by molar-refractivity contribution is 6.33. The topological polar surface area (TPSA) is 63.1 Å². The Morgan fingerprint density at radius 3 is 2.81 bits per heavy atom. The molecule has 26 heavy (non-hydrogen) atoms. The molecule has 2 aromatic rings. The summed E-state index contributed by atoms with van der Waals surface area (Å²) in [5.41, 5.74) is 1.31. The van der Waals surface area contributed by atoms with Gasteiger partial charge in [-0.1, -0.05) is 18.0 Å². The molecule has 4 rings (SSSR count). The lowest BCUT2D eigenvalue weighted by atomic mass is 9.83. The first-order valence-corrected chi connectivity index (χ1v) is 9.77. The summed E-state index contributed by atoms with van der Waals surface area (Å²) in [7, 11) is 0. The van der Waals surface area contributed by atoms with Gasteiger partial charge in [0.15, 0.2) is 0 Å². The molecule has 2 aliphatic rings. The van der Waals surface area contributed by atoms with Gasteiger partial charge in [-0.2, -0.15) is 0 Å². The van der Waals surface area contributed by atoms with E-state index in [1.54, 1.807) is 29.4 Å². The average Bonchev–Trinajstić information content (AvgIpc) is 3.21. The molecule has 2 fully saturated rings. The Hall–Kier alpha value is -1.92. The maximum absolute atomic E-state index is 12.7. The number of piperidine rings is 2. The summed E-state index contributed by atoms with van der Waals surface area (Å²) < 4.78 is 1.76. The second-order valence-electron chi connectivity index (χ2n) is 7.24. The van der Waals surface area contributed by atoms with Crippen molar-refractivity contribution in [3.05, 3.63) is 41.4 Å². The number of aromatic nitrogens is 3. The summed E-state index contributed by atoms with van der Waals surface area (Å²) in [5.74, 6) is 0.422. The minimum Gasteiger partial charge on any atom is -0.352 e. The number of rotatable bonds is 4. The molecule has 0 spiro atoms. The van der Waals surface area contributed by atoms with Crippen LogP contribution in [0, 0.1) is 5.92 Å². The van der Waals surface area contributed by atoms with E-state index in [1.807, 2.05) is 6.07 Å². The van der Waals surface area contributed by atoms with Gasteiger partial charge in [-0.3, -0.25) is 9.36 Å². The van der Waals surface area contributed by atoms with Crippen LogP contribution >= 0.6 is 11.6 Å². The fraction of sp³-hybridized carbons (Fsp3) is 0.526. The molecule has 0 radical (unpaired) electrons. The van der Waals surface area contributed by atoms with E-state index in [4.69, 9.17) is 11.6 Å². The van der Waals surface area contributed by atoms with E-state index in [2.05, 4.69) is 20.4 Å². The number of carbonyl (C=O) groups excluding carboxylic acids is 1. The standard InChI is InChI=1S/C19H24ClN5O/c20-17-7-6-15(25-12-22-23-13-25)10-16(17)19(26)21-11-14-4-3-9-24-8-2-1-5-18(14)24/h6-7,10,12-14,18H,1-5,8-9,11H2,(H,21,26)/t14-,18+/m0/s1. The maximum atomic E-state index is 12.7. The van der Waals surface area contributed by atoms with Gasteiger partial charge in [0, 0.05) is 18.3 Å². The van der Waals surface area contributed by atoms with Gasteiger partial charge in [0.2, 0.25) is 0 Å². The monoisotopic (exact) mass is 373 g/mol. The molecule has 0 aliphatic carbocycles. The molecule has 1 aromatic carbocycles. The number of hydrogen-bond donors (Lipinski definition) is 1. The fourth-order valence-corrected chi connectivity index (χ4v) is 4.52. The predicted octanol–water partition coefficient (Wildman–Crippen LogP) is 2.92. The van der Waals surface area contributed by atoms with Crippen LogP contribution in [0.2, 0.25) is 5.02 Å². The first-order valence-electron chi connectivity index (χ1n) is 9.39. The summed E-state index contributed by atoms with van der Waals surface area (Å²) in [4.78, 5) is 15.4. The third-order valence-corrected chi connectivity index (χ3v) is 5.99. The van der Waals surface area contributed by atoms with Crippen LogP contribution < -0.4 is 5.32 Å². The highest BCUT2D eigenvalue weighted by Crippen LogP contribution is 2.30. The molecule has 2 saturated heterocycles. The SMILES string of the molecule is O=C(NC[C@@H]1CCCN2CCCC[C@H]12)c1cc(-n2cnnc2)ccc1Cl. The average molecular weight is 374 g/mol. The van der Waals surface area contributed by atoms with Crippen molar-refractivity contribution in [1.82, 2.24) is 25.0 Å². The lowest BCUT2D eigenvalue weighted by Gasteiger charge is -2.44. The van der Waals surface area contributed by atoms with Crippen LogP contribution in [0.15, 0.2) is 30.9 Å². The van der Waals surface area contributed by atoms with Crippen molar-refractivity contribution >= 4 is 17.5 Å². The van der Waals surface area contributed by atoms with E-state index in [-0.39, 0.29) is 5.91 Å². The molecule has 1 amide bonds. The van der Waals surface area contributed by atoms with Crippen LogP contribution in [0.4, 0.5) is 0 Å². The highest BCUT2D eigenvalue weighted by atomic mass is 35.5. The Kier molecular flexibility index (Phi) is 5.22. The van der Waals surface area contributed by atoms with Crippen molar-refractivity contribution in [1.29, 1.82) is 0 Å². The second kappa shape index (κ2) is 7.76. The van der Waals surface area contributed by atoms with Crippen LogP contribution in [0.25, 0.3) is 5.69 Å². The number of nitrogens with zero attached hydrogens (tertiary/aromatic N) is 4. The lowest BCUT2D eigenvalue weighted by Crippen LogP contribution is -2.51. The summed E-state index contributed by atoms with van der Waals surface area (Å²) in [6.45, 7) is 3.14. The van der Waals surface area contributed by atoms with Gasteiger partial charge in [-0.15, -0.1) is 10.2 Å². The van der Waals surface area contributed by atoms with Gasteiger partial charge >= 0.3 is 0 Å². The van der Waals surface area contributed by atoms with Crippen LogP contribution in [-0.2, 0) is 0 Å². The Balaban J connectivity index is 1.44. The lowest BCUT2D eigenvalue weighted by molar-refractivity contribution is 0.0575. The normalized spacial score (nSPS) is 23.4. The quantitative estimate of drug-likeness (QED) is 0.895. The Morgan fingerprint density at radius 1 is 1.15 bits per heavy atom. The van der Waals surface area contributed by atoms with Crippen molar-refractivity contribution in [2.45, 2.75) is 38.1 Å². The van der Waals surface area contributed by atoms with Crippen molar-refractivity contribution in [3.8, 4) is 5.69 Å². The van der Waals surface area contributed by atoms with Gasteiger partial charge in [0.25, 0.3) is 5.91 Å². The number of amides is 1. The minimum absolute atomic E-state index is 0.113. The molecule has 2 aliphatic heterocycles. The van der Waals surface area contributed by atoms with Gasteiger partial charge in [0.05, 0.1) is 10.6 Å². The Labute approximate surface area is 158 Å². The van der Waals surface area contributed by atoms with E-state index < -0.39 is 0 Å². The number of benzene rings is 1. The summed E-state index contributed by atoms with van der Waals surface area (Å²) in [6.07, 6.45) is 9.48. The third kappa shape index (κ3) is 3.62. The zero-order chi connectivity index (χ0) is 17.9. The van der Waals surface area contributed by atoms with Crippen LogP contribution in [0.3, 0.4) is 0 Å². The molecule has 6 nitrogen and oxygen atoms in total. The molecule has 1 aromatic heterocycles. The Morgan fingerprint density at radius 2 is 1.96 bits per heavy atom. The molecule has 1 N–H and O–H groups in total. The maximum Gasteiger partial charge on any atom is 0.252 e. The van der Waals surface area contributed by atoms with Gasteiger partial charge in [-0.05, 0) is 62.9 Å². The third-order valence-electron chi connectivity index (χ3n) is 5.66. The smallest absolute Gasteiger partial charge is 0.252 e. The number of halogens is 1. The van der Waals surface area contributed by atoms with E-state index in [0.717, 1.165) is 5.69 Å². The van der Waals surface area contributed by atoms with Crippen molar-refractivity contribution in [3.63, 3.8) is 0 Å². The molecule has 0 bridgehead atoms. The van der Waals surface area contributed by atoms with E-state index in [9.17, 15) is 4.79 Å². The minimum atomic E-state index is -0.113. The van der Waals surface area contributed by atoms with Crippen LogP contribution in [-0.4, -0.2) is 51.2 Å². The Bertz CT molecular complexity index is 761. The van der Waals surface area contributed by atoms with E-state index >= 15 is 0 Å². The van der Waals surface area contributed by atoms with Crippen LogP contribution in [0.1, 0.15) is 42.5 Å². The van der Waals surface area contributed by atoms with Gasteiger partial charge in [-0.25, -0.2) is 0 Å². The molecule has 3 heterocycles. The van der Waals surface area contributed by atoms with Gasteiger partial charge in [0.1, 0.15) is 12.7 Å². The molecular formula is C19H24ClN5O. The zero-order valence-corrected chi connectivity index (χ0v) is 15.5. The number of carbonyl (C=O) groups is 1. The molecular weight excluding hydrogens is 350 g/mol. The summed E-state index contributed by atoms with van der Waals surface area (Å²) in [6, 6.07) is 6.00. The molecule has 0 unspecified atom stereocenters.